The first-order chi connectivity index (χ1) is 13.5. The molecular weight excluding hydrogens is 389 g/mol. The van der Waals surface area contributed by atoms with Gasteiger partial charge in [-0.2, -0.15) is 11.8 Å². The second kappa shape index (κ2) is 15.2. The van der Waals surface area contributed by atoms with Crippen molar-refractivity contribution in [2.45, 2.75) is 45.4 Å². The van der Waals surface area contributed by atoms with Crippen LogP contribution in [0.2, 0.25) is 0 Å². The van der Waals surface area contributed by atoms with Crippen LogP contribution in [0.15, 0.2) is 47.4 Å². The molecule has 0 fully saturated rings. The largest absolute Gasteiger partial charge is 0.285 e. The molecule has 1 atom stereocenters. The van der Waals surface area contributed by atoms with Gasteiger partial charge in [0.25, 0.3) is 0 Å². The zero-order valence-electron chi connectivity index (χ0n) is 17.6. The number of aryl methyl sites for hydroxylation is 2. The fourth-order valence-corrected chi connectivity index (χ4v) is 4.12. The molecule has 2 aromatic carbocycles. The maximum Gasteiger partial charge on any atom is 0.153 e. The average Bonchev–Trinajstić information content (AvgIpc) is 2.73. The maximum absolute atomic E-state index is 14.4. The molecule has 2 nitrogen and oxygen atoms in total. The summed E-state index contributed by atoms with van der Waals surface area (Å²) >= 11 is 1.79. The number of nitrogens with zero attached hydrogens (tertiary/aromatic N) is 1. The Morgan fingerprint density at radius 2 is 1.57 bits per heavy atom. The monoisotopic (exact) mass is 421 g/mol. The van der Waals surface area contributed by atoms with Gasteiger partial charge in [0, 0.05) is 6.54 Å². The minimum absolute atomic E-state index is 0.328. The number of rotatable bonds is 8. The molecule has 2 aromatic rings. The quantitative estimate of drug-likeness (QED) is 0.363. The van der Waals surface area contributed by atoms with E-state index >= 15 is 0 Å². The van der Waals surface area contributed by atoms with Crippen LogP contribution in [-0.4, -0.2) is 22.8 Å². The third-order valence-corrected chi connectivity index (χ3v) is 5.90. The fraction of sp³-hybridized carbons (Fsp3) is 0.391. The third kappa shape index (κ3) is 8.50. The van der Waals surface area contributed by atoms with Gasteiger partial charge in [-0.3, -0.25) is 4.31 Å². The van der Waals surface area contributed by atoms with Gasteiger partial charge in [-0.15, -0.1) is 12.8 Å². The van der Waals surface area contributed by atoms with Crippen LogP contribution in [0.5, 0.6) is 0 Å². The van der Waals surface area contributed by atoms with Crippen molar-refractivity contribution in [1.29, 1.82) is 0 Å². The summed E-state index contributed by atoms with van der Waals surface area (Å²) in [7, 11) is -1.42. The second-order valence-corrected chi connectivity index (χ2v) is 8.22. The van der Waals surface area contributed by atoms with Crippen LogP contribution in [0.4, 0.5) is 10.1 Å². The Morgan fingerprint density at radius 3 is 2.14 bits per heavy atom. The molecule has 0 heterocycles. The number of halogens is 1. The van der Waals surface area contributed by atoms with Crippen molar-refractivity contribution in [3.63, 3.8) is 0 Å². The predicted molar refractivity (Wildman–Crippen MR) is 125 cm³/mol. The van der Waals surface area contributed by atoms with Crippen LogP contribution in [0.25, 0.3) is 0 Å². The summed E-state index contributed by atoms with van der Waals surface area (Å²) in [5.41, 5.74) is 2.49. The number of benzene rings is 2. The molecule has 0 aliphatic carbocycles. The molecule has 0 aromatic heterocycles. The molecule has 0 spiro atoms. The molecule has 0 amide bonds. The first kappa shape index (κ1) is 26.2. The molecule has 0 aliphatic rings. The van der Waals surface area contributed by atoms with Crippen LogP contribution in [0.1, 0.15) is 37.8 Å². The first-order valence-electron chi connectivity index (χ1n) is 9.37. The maximum atomic E-state index is 14.4. The van der Waals surface area contributed by atoms with Crippen molar-refractivity contribution in [3.05, 3.63) is 59.4 Å². The highest BCUT2D eigenvalue weighted by Crippen LogP contribution is 2.26. The third-order valence-electron chi connectivity index (χ3n) is 3.75. The van der Waals surface area contributed by atoms with Gasteiger partial charge in [0.05, 0.1) is 10.6 Å². The van der Waals surface area contributed by atoms with Crippen molar-refractivity contribution < 1.29 is 8.60 Å². The summed E-state index contributed by atoms with van der Waals surface area (Å²) in [5.74, 6) is 0.729. The number of unbranched alkanes of at least 4 members (excludes halogenated alkanes) is 1. The predicted octanol–water partition coefficient (Wildman–Crippen LogP) is 6.39. The van der Waals surface area contributed by atoms with E-state index in [0.29, 0.717) is 17.1 Å². The van der Waals surface area contributed by atoms with E-state index in [-0.39, 0.29) is 5.82 Å². The van der Waals surface area contributed by atoms with Gasteiger partial charge in [-0.25, -0.2) is 8.60 Å². The molecule has 5 heteroatoms. The Hall–Kier alpha value is -1.77. The SMILES string of the molecule is C#C.CC.CSCCCCN(c1cc(C)ccc1F)S(=O)c1ccc(C)cc1. The number of hydrogen-bond donors (Lipinski definition) is 0. The summed E-state index contributed by atoms with van der Waals surface area (Å²) in [6.07, 6.45) is 12.0. The number of thioether (sulfide) groups is 1. The zero-order chi connectivity index (χ0) is 21.5. The van der Waals surface area contributed by atoms with E-state index < -0.39 is 11.0 Å². The van der Waals surface area contributed by atoms with E-state index in [9.17, 15) is 8.60 Å². The Kier molecular flexibility index (Phi) is 14.2. The van der Waals surface area contributed by atoms with E-state index in [1.54, 1.807) is 28.2 Å². The smallest absolute Gasteiger partial charge is 0.153 e. The molecule has 0 saturated heterocycles. The Bertz CT molecular complexity index is 729. The molecule has 0 radical (unpaired) electrons. The van der Waals surface area contributed by atoms with E-state index in [1.807, 2.05) is 52.0 Å². The van der Waals surface area contributed by atoms with Crippen molar-refractivity contribution in [2.24, 2.45) is 0 Å². The highest BCUT2D eigenvalue weighted by Gasteiger charge is 2.19. The molecule has 0 aliphatic heterocycles. The lowest BCUT2D eigenvalue weighted by Crippen LogP contribution is -2.28. The van der Waals surface area contributed by atoms with E-state index in [2.05, 4.69) is 19.1 Å². The van der Waals surface area contributed by atoms with Crippen LogP contribution < -0.4 is 4.31 Å². The highest BCUT2D eigenvalue weighted by molar-refractivity contribution is 7.98. The summed E-state index contributed by atoms with van der Waals surface area (Å²) in [4.78, 5) is 0.700. The number of terminal acetylenes is 1. The lowest BCUT2D eigenvalue weighted by Gasteiger charge is -2.24. The Balaban J connectivity index is 0.00000171. The van der Waals surface area contributed by atoms with Gasteiger partial charge in [0.15, 0.2) is 11.0 Å². The van der Waals surface area contributed by atoms with Gasteiger partial charge < -0.3 is 0 Å². The summed E-state index contributed by atoms with van der Waals surface area (Å²) < 4.78 is 29.1. The lowest BCUT2D eigenvalue weighted by atomic mass is 10.2. The van der Waals surface area contributed by atoms with Gasteiger partial charge in [-0.05, 0) is 68.5 Å². The minimum Gasteiger partial charge on any atom is -0.285 e. The highest BCUT2D eigenvalue weighted by atomic mass is 32.2. The number of anilines is 1. The average molecular weight is 422 g/mol. The minimum atomic E-state index is -1.42. The van der Waals surface area contributed by atoms with Crippen molar-refractivity contribution in [2.75, 3.05) is 22.9 Å². The summed E-state index contributed by atoms with van der Waals surface area (Å²) in [6.45, 7) is 8.48. The van der Waals surface area contributed by atoms with E-state index in [4.69, 9.17) is 0 Å². The first-order valence-corrected chi connectivity index (χ1v) is 11.9. The summed E-state index contributed by atoms with van der Waals surface area (Å²) in [5, 5.41) is 0. The van der Waals surface area contributed by atoms with Gasteiger partial charge in [0.2, 0.25) is 0 Å². The Labute approximate surface area is 177 Å². The second-order valence-electron chi connectivity index (χ2n) is 5.82. The molecular formula is C23H32FNOS2. The normalized spacial score (nSPS) is 10.7. The fourth-order valence-electron chi connectivity index (χ4n) is 2.39. The molecule has 2 rings (SSSR count). The van der Waals surface area contributed by atoms with Crippen molar-refractivity contribution in [1.82, 2.24) is 0 Å². The van der Waals surface area contributed by atoms with Gasteiger partial charge >= 0.3 is 0 Å². The van der Waals surface area contributed by atoms with Crippen LogP contribution in [-0.2, 0) is 11.0 Å². The molecule has 154 valence electrons. The van der Waals surface area contributed by atoms with Gasteiger partial charge in [-0.1, -0.05) is 37.6 Å². The zero-order valence-corrected chi connectivity index (χ0v) is 19.2. The van der Waals surface area contributed by atoms with Crippen LogP contribution in [0.3, 0.4) is 0 Å². The molecule has 0 saturated carbocycles. The van der Waals surface area contributed by atoms with E-state index in [0.717, 1.165) is 29.7 Å². The number of hydrogen-bond acceptors (Lipinski definition) is 2. The van der Waals surface area contributed by atoms with Gasteiger partial charge in [0.1, 0.15) is 5.82 Å². The van der Waals surface area contributed by atoms with Crippen LogP contribution in [0, 0.1) is 32.5 Å². The standard InChI is InChI=1S/C19H24FNOS2.C2H6.C2H2/c1-15-6-9-17(10-7-15)24(22)21(12-4-5-13-23-3)19-14-16(2)8-11-18(19)20;2*1-2/h6-11,14H,4-5,12-13H2,1-3H3;1-2H3;1-2H. The molecule has 28 heavy (non-hydrogen) atoms. The Morgan fingerprint density at radius 1 is 1.00 bits per heavy atom. The molecule has 0 bridgehead atoms. The van der Waals surface area contributed by atoms with E-state index in [1.165, 1.54) is 6.07 Å². The summed E-state index contributed by atoms with van der Waals surface area (Å²) in [6, 6.07) is 12.5. The van der Waals surface area contributed by atoms with Crippen molar-refractivity contribution >= 4 is 28.4 Å². The van der Waals surface area contributed by atoms with Crippen molar-refractivity contribution in [3.8, 4) is 12.8 Å². The molecule has 0 N–H and O–H groups in total. The molecule has 1 unspecified atom stereocenters. The van der Waals surface area contributed by atoms with Crippen LogP contribution >= 0.6 is 11.8 Å². The topological polar surface area (TPSA) is 20.3 Å². The lowest BCUT2D eigenvalue weighted by molar-refractivity contribution is 0.622.